The largest absolute Gasteiger partial charge is 0.422 e. The summed E-state index contributed by atoms with van der Waals surface area (Å²) in [6.07, 6.45) is 6.95. The van der Waals surface area contributed by atoms with E-state index in [-0.39, 0.29) is 5.63 Å². The first-order valence-electron chi connectivity index (χ1n) is 9.59. The lowest BCUT2D eigenvalue weighted by Crippen LogP contribution is -2.30. The Morgan fingerprint density at radius 1 is 1.19 bits per heavy atom. The fourth-order valence-electron chi connectivity index (χ4n) is 3.82. The Morgan fingerprint density at radius 2 is 2.11 bits per heavy atom. The van der Waals surface area contributed by atoms with E-state index in [1.807, 2.05) is 29.6 Å². The number of carbonyl (C=O) groups excluding carboxylic acids is 1. The summed E-state index contributed by atoms with van der Waals surface area (Å²) in [4.78, 5) is 26.2. The van der Waals surface area contributed by atoms with Gasteiger partial charge in [-0.1, -0.05) is 12.5 Å². The molecule has 1 aliphatic heterocycles. The molecule has 0 radical (unpaired) electrons. The van der Waals surface area contributed by atoms with Gasteiger partial charge in [0.05, 0.1) is 5.56 Å². The molecular formula is C22H23NO3S. The van der Waals surface area contributed by atoms with E-state index in [2.05, 4.69) is 11.0 Å². The lowest BCUT2D eigenvalue weighted by atomic mass is 9.98. The van der Waals surface area contributed by atoms with E-state index in [0.717, 1.165) is 61.7 Å². The van der Waals surface area contributed by atoms with Crippen LogP contribution in [0.4, 0.5) is 5.69 Å². The zero-order valence-corrected chi connectivity index (χ0v) is 16.1. The molecular weight excluding hydrogens is 358 g/mol. The molecule has 4 rings (SSSR count). The molecule has 2 aromatic heterocycles. The maximum absolute atomic E-state index is 12.5. The fourth-order valence-corrected chi connectivity index (χ4v) is 4.55. The summed E-state index contributed by atoms with van der Waals surface area (Å²) in [5.41, 5.74) is 3.54. The third-order valence-electron chi connectivity index (χ3n) is 5.18. The number of aryl methyl sites for hydroxylation is 1. The van der Waals surface area contributed by atoms with E-state index in [1.165, 1.54) is 11.3 Å². The highest BCUT2D eigenvalue weighted by Crippen LogP contribution is 2.33. The number of nitrogens with zero attached hydrogens (tertiary/aromatic N) is 1. The van der Waals surface area contributed by atoms with Crippen molar-refractivity contribution in [2.45, 2.75) is 38.5 Å². The van der Waals surface area contributed by atoms with Gasteiger partial charge in [-0.25, -0.2) is 4.79 Å². The predicted octanol–water partition coefficient (Wildman–Crippen LogP) is 5.03. The van der Waals surface area contributed by atoms with Crippen molar-refractivity contribution in [2.75, 3.05) is 18.0 Å². The third-order valence-corrected chi connectivity index (χ3v) is 6.09. The van der Waals surface area contributed by atoms with Crippen molar-refractivity contribution in [2.24, 2.45) is 0 Å². The van der Waals surface area contributed by atoms with Gasteiger partial charge in [0.2, 0.25) is 0 Å². The lowest BCUT2D eigenvalue weighted by molar-refractivity contribution is -0.107. The Kier molecular flexibility index (Phi) is 5.39. The first-order valence-corrected chi connectivity index (χ1v) is 10.5. The molecule has 0 N–H and O–H groups in total. The predicted molar refractivity (Wildman–Crippen MR) is 111 cm³/mol. The molecule has 3 heterocycles. The van der Waals surface area contributed by atoms with E-state index in [1.54, 1.807) is 11.3 Å². The molecule has 5 heteroatoms. The van der Waals surface area contributed by atoms with Crippen molar-refractivity contribution >= 4 is 34.3 Å². The lowest BCUT2D eigenvalue weighted by Gasteiger charge is -2.31. The van der Waals surface area contributed by atoms with Crippen LogP contribution in [0.3, 0.4) is 0 Å². The first kappa shape index (κ1) is 18.0. The topological polar surface area (TPSA) is 50.5 Å². The van der Waals surface area contributed by atoms with Crippen LogP contribution in [-0.2, 0) is 11.2 Å². The molecule has 27 heavy (non-hydrogen) atoms. The van der Waals surface area contributed by atoms with E-state index in [0.29, 0.717) is 17.6 Å². The van der Waals surface area contributed by atoms with Gasteiger partial charge >= 0.3 is 5.63 Å². The number of hydrogen-bond acceptors (Lipinski definition) is 5. The van der Waals surface area contributed by atoms with Crippen LogP contribution in [-0.4, -0.2) is 19.4 Å². The monoisotopic (exact) mass is 381 g/mol. The number of carbonyl (C=O) groups is 1. The zero-order chi connectivity index (χ0) is 18.6. The molecule has 0 saturated heterocycles. The number of benzene rings is 1. The Bertz CT molecular complexity index is 991. The molecule has 0 fully saturated rings. The van der Waals surface area contributed by atoms with Crippen molar-refractivity contribution in [1.82, 2.24) is 0 Å². The number of fused-ring (bicyclic) bond motifs is 2. The normalized spacial score (nSPS) is 13.7. The van der Waals surface area contributed by atoms with E-state index >= 15 is 0 Å². The minimum absolute atomic E-state index is 0.277. The molecule has 0 saturated carbocycles. The molecule has 1 aromatic carbocycles. The van der Waals surface area contributed by atoms with Crippen LogP contribution in [0.5, 0.6) is 0 Å². The van der Waals surface area contributed by atoms with Crippen molar-refractivity contribution in [1.29, 1.82) is 0 Å². The average Bonchev–Trinajstić information content (AvgIpc) is 3.20. The second-order valence-electron chi connectivity index (χ2n) is 7.05. The van der Waals surface area contributed by atoms with Gasteiger partial charge in [-0.15, -0.1) is 11.3 Å². The minimum Gasteiger partial charge on any atom is -0.422 e. The summed E-state index contributed by atoms with van der Waals surface area (Å²) in [5, 5.41) is 2.96. The fraction of sp³-hybridized carbons (Fsp3) is 0.364. The van der Waals surface area contributed by atoms with Crippen LogP contribution in [0.1, 0.15) is 37.7 Å². The molecule has 0 unspecified atom stereocenters. The van der Waals surface area contributed by atoms with Gasteiger partial charge in [0.25, 0.3) is 0 Å². The van der Waals surface area contributed by atoms with Crippen molar-refractivity contribution < 1.29 is 9.21 Å². The van der Waals surface area contributed by atoms with Crippen LogP contribution < -0.4 is 10.5 Å². The number of hydrogen-bond donors (Lipinski definition) is 0. The highest BCUT2D eigenvalue weighted by molar-refractivity contribution is 7.13. The summed E-state index contributed by atoms with van der Waals surface area (Å²) in [6.45, 7) is 2.01. The molecule has 0 spiro atoms. The third kappa shape index (κ3) is 3.83. The van der Waals surface area contributed by atoms with Crippen LogP contribution in [0.2, 0.25) is 0 Å². The number of rotatable bonds is 7. The van der Waals surface area contributed by atoms with Crippen LogP contribution in [0.25, 0.3) is 21.4 Å². The standard InChI is InChI=1S/C22H23NO3S/c24-11-4-2-1-3-9-23-10-5-7-16-13-17-14-18(21-8-6-12-27-21)22(25)26-20(17)15-19(16)23/h6,8,11-15H,1-5,7,9-10H2. The van der Waals surface area contributed by atoms with E-state index in [4.69, 9.17) is 4.42 Å². The van der Waals surface area contributed by atoms with Gasteiger partial charge in [0.15, 0.2) is 0 Å². The first-order chi connectivity index (χ1) is 13.3. The molecule has 0 bridgehead atoms. The summed E-state index contributed by atoms with van der Waals surface area (Å²) in [7, 11) is 0. The van der Waals surface area contributed by atoms with Gasteiger partial charge in [-0.05, 0) is 54.8 Å². The average molecular weight is 381 g/mol. The molecule has 0 amide bonds. The number of thiophene rings is 1. The Labute approximate surface area is 162 Å². The summed E-state index contributed by atoms with van der Waals surface area (Å²) in [6, 6.07) is 10.1. The quantitative estimate of drug-likeness (QED) is 0.327. The van der Waals surface area contributed by atoms with Crippen molar-refractivity contribution in [3.05, 3.63) is 51.7 Å². The van der Waals surface area contributed by atoms with Crippen LogP contribution in [0.15, 0.2) is 44.9 Å². The van der Waals surface area contributed by atoms with Crippen LogP contribution in [0, 0.1) is 0 Å². The summed E-state index contributed by atoms with van der Waals surface area (Å²) in [5.74, 6) is 0. The number of aldehydes is 1. The van der Waals surface area contributed by atoms with Gasteiger partial charge in [0, 0.05) is 41.5 Å². The highest BCUT2D eigenvalue weighted by Gasteiger charge is 2.19. The zero-order valence-electron chi connectivity index (χ0n) is 15.3. The van der Waals surface area contributed by atoms with Gasteiger partial charge in [-0.2, -0.15) is 0 Å². The van der Waals surface area contributed by atoms with Crippen molar-refractivity contribution in [3.63, 3.8) is 0 Å². The molecule has 3 aromatic rings. The van der Waals surface area contributed by atoms with Gasteiger partial charge in [0.1, 0.15) is 11.9 Å². The molecule has 0 atom stereocenters. The van der Waals surface area contributed by atoms with Gasteiger partial charge in [-0.3, -0.25) is 0 Å². The maximum Gasteiger partial charge on any atom is 0.345 e. The Morgan fingerprint density at radius 3 is 2.93 bits per heavy atom. The van der Waals surface area contributed by atoms with E-state index < -0.39 is 0 Å². The smallest absolute Gasteiger partial charge is 0.345 e. The van der Waals surface area contributed by atoms with Crippen molar-refractivity contribution in [3.8, 4) is 10.4 Å². The van der Waals surface area contributed by atoms with Gasteiger partial charge < -0.3 is 14.1 Å². The minimum atomic E-state index is -0.277. The molecule has 140 valence electrons. The van der Waals surface area contributed by atoms with Crippen LogP contribution >= 0.6 is 11.3 Å². The second-order valence-corrected chi connectivity index (χ2v) is 8.00. The molecule has 0 aliphatic carbocycles. The number of anilines is 1. The molecule has 1 aliphatic rings. The SMILES string of the molecule is O=CCCCCCN1CCCc2cc3cc(-c4cccs4)c(=O)oc3cc21. The Hall–Kier alpha value is -2.40. The molecule has 4 nitrogen and oxygen atoms in total. The highest BCUT2D eigenvalue weighted by atomic mass is 32.1. The Balaban J connectivity index is 1.62. The maximum atomic E-state index is 12.5. The summed E-state index contributed by atoms with van der Waals surface area (Å²) >= 11 is 1.55. The number of unbranched alkanes of at least 4 members (excludes halogenated alkanes) is 3. The summed E-state index contributed by atoms with van der Waals surface area (Å²) < 4.78 is 5.67. The van der Waals surface area contributed by atoms with E-state index in [9.17, 15) is 9.59 Å². The second kappa shape index (κ2) is 8.09.